The number of carbonyl (C=O) groups excluding carboxylic acids is 1. The lowest BCUT2D eigenvalue weighted by atomic mass is 9.88. The molecule has 1 aliphatic heterocycles. The summed E-state index contributed by atoms with van der Waals surface area (Å²) >= 11 is 6.16. The summed E-state index contributed by atoms with van der Waals surface area (Å²) in [6, 6.07) is 7.17. The molecule has 0 aromatic heterocycles. The van der Waals surface area contributed by atoms with Gasteiger partial charge >= 0.3 is 0 Å². The monoisotopic (exact) mass is 238 g/mol. The van der Waals surface area contributed by atoms with Gasteiger partial charge in [-0.25, -0.2) is 0 Å². The van der Waals surface area contributed by atoms with Gasteiger partial charge in [0.1, 0.15) is 0 Å². The van der Waals surface area contributed by atoms with Gasteiger partial charge in [0.25, 0.3) is 0 Å². The number of hydrogen-bond donors (Lipinski definition) is 2. The molecule has 86 valence electrons. The van der Waals surface area contributed by atoms with Crippen LogP contribution in [0, 0.1) is 5.92 Å². The Balaban J connectivity index is 2.21. The van der Waals surface area contributed by atoms with Crippen molar-refractivity contribution in [2.24, 2.45) is 5.92 Å². The van der Waals surface area contributed by atoms with E-state index in [1.165, 1.54) is 0 Å². The third-order valence-corrected chi connectivity index (χ3v) is 3.43. The summed E-state index contributed by atoms with van der Waals surface area (Å²) in [5.41, 5.74) is 6.93. The molecule has 0 radical (unpaired) electrons. The number of para-hydroxylation sites is 1. The number of Topliss-reactive ketones (excluding diaryl/α,β-unsaturated/α-hetero) is 1. The summed E-state index contributed by atoms with van der Waals surface area (Å²) in [4.78, 5) is 12.2. The van der Waals surface area contributed by atoms with Gasteiger partial charge in [0.15, 0.2) is 5.78 Å². The van der Waals surface area contributed by atoms with Crippen LogP contribution in [0.2, 0.25) is 0 Å². The number of carbonyl (C=O) groups is 1. The lowest BCUT2D eigenvalue weighted by Gasteiger charge is -2.26. The van der Waals surface area contributed by atoms with Crippen LogP contribution in [0.4, 0.5) is 5.69 Å². The number of nitrogens with one attached hydrogen (secondary N) is 1. The predicted octanol–water partition coefficient (Wildman–Crippen LogP) is 1.67. The van der Waals surface area contributed by atoms with Crippen molar-refractivity contribution in [2.75, 3.05) is 18.8 Å². The molecule has 0 amide bonds. The van der Waals surface area contributed by atoms with Crippen LogP contribution < -0.4 is 11.1 Å². The Morgan fingerprint density at radius 3 is 2.88 bits per heavy atom. The van der Waals surface area contributed by atoms with Crippen LogP contribution >= 0.6 is 11.6 Å². The minimum Gasteiger partial charge on any atom is -0.398 e. The number of halogens is 1. The van der Waals surface area contributed by atoms with Crippen LogP contribution in [0.1, 0.15) is 16.8 Å². The van der Waals surface area contributed by atoms with Crippen molar-refractivity contribution in [3.63, 3.8) is 0 Å². The molecule has 3 N–H and O–H groups in total. The molecule has 16 heavy (non-hydrogen) atoms. The van der Waals surface area contributed by atoms with E-state index >= 15 is 0 Å². The standard InChI is InChI=1S/C12H15ClN2O/c13-10-7-15-6-5-8(10)12(16)9-3-1-2-4-11(9)14/h1-4,8,10,15H,5-7,14H2. The van der Waals surface area contributed by atoms with Crippen molar-refractivity contribution < 1.29 is 4.79 Å². The lowest BCUT2D eigenvalue weighted by Crippen LogP contribution is -2.41. The maximum atomic E-state index is 12.2. The molecule has 1 aromatic carbocycles. The molecule has 0 saturated carbocycles. The van der Waals surface area contributed by atoms with E-state index in [9.17, 15) is 4.79 Å². The van der Waals surface area contributed by atoms with Gasteiger partial charge in [0.2, 0.25) is 0 Å². The Morgan fingerprint density at radius 2 is 2.19 bits per heavy atom. The van der Waals surface area contributed by atoms with E-state index in [-0.39, 0.29) is 17.1 Å². The van der Waals surface area contributed by atoms with E-state index in [1.807, 2.05) is 12.1 Å². The molecule has 2 atom stereocenters. The van der Waals surface area contributed by atoms with Gasteiger partial charge < -0.3 is 11.1 Å². The van der Waals surface area contributed by atoms with Crippen LogP contribution in [-0.4, -0.2) is 24.2 Å². The van der Waals surface area contributed by atoms with E-state index in [4.69, 9.17) is 17.3 Å². The first-order valence-electron chi connectivity index (χ1n) is 5.43. The fourth-order valence-electron chi connectivity index (χ4n) is 2.04. The third-order valence-electron chi connectivity index (χ3n) is 2.97. The lowest BCUT2D eigenvalue weighted by molar-refractivity contribution is 0.0899. The van der Waals surface area contributed by atoms with Crippen LogP contribution in [0.3, 0.4) is 0 Å². The molecule has 1 aliphatic rings. The number of ketones is 1. The van der Waals surface area contributed by atoms with E-state index in [0.29, 0.717) is 17.8 Å². The number of nitrogen functional groups attached to an aromatic ring is 1. The zero-order valence-electron chi connectivity index (χ0n) is 8.95. The average molecular weight is 239 g/mol. The van der Waals surface area contributed by atoms with Gasteiger partial charge in [-0.05, 0) is 25.1 Å². The molecular formula is C12H15ClN2O. The second-order valence-electron chi connectivity index (χ2n) is 4.07. The largest absolute Gasteiger partial charge is 0.398 e. The summed E-state index contributed by atoms with van der Waals surface area (Å²) < 4.78 is 0. The molecule has 1 heterocycles. The first kappa shape index (κ1) is 11.4. The molecular weight excluding hydrogens is 224 g/mol. The van der Waals surface area contributed by atoms with Crippen LogP contribution in [0.25, 0.3) is 0 Å². The average Bonchev–Trinajstić information content (AvgIpc) is 2.29. The SMILES string of the molecule is Nc1ccccc1C(=O)C1CCNCC1Cl. The van der Waals surface area contributed by atoms with Gasteiger partial charge in [0, 0.05) is 23.7 Å². The second kappa shape index (κ2) is 4.85. The molecule has 0 bridgehead atoms. The van der Waals surface area contributed by atoms with Gasteiger partial charge in [0.05, 0.1) is 5.38 Å². The zero-order chi connectivity index (χ0) is 11.5. The third kappa shape index (κ3) is 2.20. The molecule has 3 nitrogen and oxygen atoms in total. The topological polar surface area (TPSA) is 55.1 Å². The quantitative estimate of drug-likeness (QED) is 0.468. The number of nitrogens with two attached hydrogens (primary N) is 1. The minimum atomic E-state index is -0.138. The van der Waals surface area contributed by atoms with Crippen molar-refractivity contribution in [2.45, 2.75) is 11.8 Å². The highest BCUT2D eigenvalue weighted by molar-refractivity contribution is 6.23. The normalized spacial score (nSPS) is 25.3. The van der Waals surface area contributed by atoms with E-state index in [1.54, 1.807) is 12.1 Å². The fourth-order valence-corrected chi connectivity index (χ4v) is 2.39. The van der Waals surface area contributed by atoms with Gasteiger partial charge in [-0.1, -0.05) is 12.1 Å². The molecule has 0 aliphatic carbocycles. The Kier molecular flexibility index (Phi) is 3.46. The number of benzene rings is 1. The van der Waals surface area contributed by atoms with Crippen LogP contribution in [-0.2, 0) is 0 Å². The first-order valence-corrected chi connectivity index (χ1v) is 5.87. The van der Waals surface area contributed by atoms with Gasteiger partial charge in [-0.3, -0.25) is 4.79 Å². The highest BCUT2D eigenvalue weighted by Crippen LogP contribution is 2.25. The molecule has 1 fully saturated rings. The Labute approximate surface area is 100.0 Å². The second-order valence-corrected chi connectivity index (χ2v) is 4.63. The highest BCUT2D eigenvalue weighted by Gasteiger charge is 2.30. The highest BCUT2D eigenvalue weighted by atomic mass is 35.5. The zero-order valence-corrected chi connectivity index (χ0v) is 9.70. The predicted molar refractivity (Wildman–Crippen MR) is 65.8 cm³/mol. The van der Waals surface area contributed by atoms with Crippen molar-refractivity contribution in [1.82, 2.24) is 5.32 Å². The van der Waals surface area contributed by atoms with Crippen LogP contribution in [0.5, 0.6) is 0 Å². The molecule has 1 saturated heterocycles. The van der Waals surface area contributed by atoms with E-state index in [2.05, 4.69) is 5.32 Å². The Bertz CT molecular complexity index is 394. The number of rotatable bonds is 2. The number of alkyl halides is 1. The van der Waals surface area contributed by atoms with Crippen LogP contribution in [0.15, 0.2) is 24.3 Å². The summed E-state index contributed by atoms with van der Waals surface area (Å²) in [7, 11) is 0. The Hall–Kier alpha value is -1.06. The van der Waals surface area contributed by atoms with Crippen molar-refractivity contribution in [3.8, 4) is 0 Å². The van der Waals surface area contributed by atoms with Gasteiger partial charge in [-0.2, -0.15) is 0 Å². The smallest absolute Gasteiger partial charge is 0.169 e. The summed E-state index contributed by atoms with van der Waals surface area (Å²) in [6.07, 6.45) is 0.779. The molecule has 2 rings (SSSR count). The summed E-state index contributed by atoms with van der Waals surface area (Å²) in [6.45, 7) is 1.52. The van der Waals surface area contributed by atoms with Crippen molar-refractivity contribution >= 4 is 23.1 Å². The number of piperidine rings is 1. The van der Waals surface area contributed by atoms with Gasteiger partial charge in [-0.15, -0.1) is 11.6 Å². The minimum absolute atomic E-state index is 0.0691. The Morgan fingerprint density at radius 1 is 1.44 bits per heavy atom. The fraction of sp³-hybridized carbons (Fsp3) is 0.417. The van der Waals surface area contributed by atoms with E-state index < -0.39 is 0 Å². The van der Waals surface area contributed by atoms with Crippen molar-refractivity contribution in [1.29, 1.82) is 0 Å². The first-order chi connectivity index (χ1) is 7.70. The summed E-state index contributed by atoms with van der Waals surface area (Å²) in [5.74, 6) is -0.0489. The molecule has 4 heteroatoms. The summed E-state index contributed by atoms with van der Waals surface area (Å²) in [5, 5.41) is 3.03. The maximum Gasteiger partial charge on any atom is 0.169 e. The van der Waals surface area contributed by atoms with Crippen molar-refractivity contribution in [3.05, 3.63) is 29.8 Å². The maximum absolute atomic E-state index is 12.2. The molecule has 2 unspecified atom stereocenters. The molecule has 0 spiro atoms. The van der Waals surface area contributed by atoms with E-state index in [0.717, 1.165) is 13.0 Å². The number of anilines is 1. The number of hydrogen-bond acceptors (Lipinski definition) is 3. The molecule has 1 aromatic rings.